The molecule has 24 heavy (non-hydrogen) atoms. The zero-order valence-corrected chi connectivity index (χ0v) is 14.7. The summed E-state index contributed by atoms with van der Waals surface area (Å²) in [4.78, 5) is 25.0. The van der Waals surface area contributed by atoms with Gasteiger partial charge in [0, 0.05) is 18.3 Å². The topological polar surface area (TPSA) is 63.6 Å². The molecule has 0 amide bonds. The number of hydrogen-bond acceptors (Lipinski definition) is 4. The van der Waals surface area contributed by atoms with Gasteiger partial charge in [0.25, 0.3) is 0 Å². The van der Waals surface area contributed by atoms with E-state index in [0.717, 1.165) is 17.7 Å². The van der Waals surface area contributed by atoms with Crippen LogP contribution < -0.4 is 4.74 Å². The summed E-state index contributed by atoms with van der Waals surface area (Å²) in [7, 11) is 1.65. The number of aliphatic hydroxyl groups is 1. The molecule has 130 valence electrons. The molecule has 0 spiro atoms. The molecule has 0 saturated heterocycles. The van der Waals surface area contributed by atoms with Crippen LogP contribution in [0.2, 0.25) is 0 Å². The summed E-state index contributed by atoms with van der Waals surface area (Å²) in [6, 6.07) is 5.92. The van der Waals surface area contributed by atoms with Crippen molar-refractivity contribution in [2.24, 2.45) is 5.41 Å². The minimum atomic E-state index is -0.559. The summed E-state index contributed by atoms with van der Waals surface area (Å²) in [5.74, 6) is 1.18. The van der Waals surface area contributed by atoms with E-state index < -0.39 is 16.9 Å². The molecule has 4 nitrogen and oxygen atoms in total. The Kier molecular flexibility index (Phi) is 4.28. The first-order chi connectivity index (χ1) is 11.3. The largest absolute Gasteiger partial charge is 0.497 e. The lowest BCUT2D eigenvalue weighted by atomic mass is 9.65. The third-order valence-electron chi connectivity index (χ3n) is 6.10. The highest BCUT2D eigenvalue weighted by Gasteiger charge is 2.46. The van der Waals surface area contributed by atoms with Crippen LogP contribution in [0, 0.1) is 5.41 Å². The Morgan fingerprint density at radius 3 is 2.54 bits per heavy atom. The predicted molar refractivity (Wildman–Crippen MR) is 91.3 cm³/mol. The fourth-order valence-electron chi connectivity index (χ4n) is 4.32. The number of Topliss-reactive ketones (excluding diaryl/α,β-unsaturated/α-hetero) is 2. The summed E-state index contributed by atoms with van der Waals surface area (Å²) < 4.78 is 5.30. The number of benzene rings is 1. The molecular formula is C20H26O4. The Morgan fingerprint density at radius 2 is 1.92 bits per heavy atom. The minimum Gasteiger partial charge on any atom is -0.497 e. The Labute approximate surface area is 143 Å². The van der Waals surface area contributed by atoms with Crippen LogP contribution in [0.4, 0.5) is 0 Å². The van der Waals surface area contributed by atoms with Crippen LogP contribution in [-0.2, 0) is 21.4 Å². The molecule has 0 bridgehead atoms. The van der Waals surface area contributed by atoms with Crippen LogP contribution >= 0.6 is 0 Å². The second-order valence-electron chi connectivity index (χ2n) is 7.82. The molecule has 1 fully saturated rings. The van der Waals surface area contributed by atoms with Gasteiger partial charge in [0.1, 0.15) is 17.3 Å². The van der Waals surface area contributed by atoms with E-state index in [2.05, 4.69) is 0 Å². The van der Waals surface area contributed by atoms with Crippen molar-refractivity contribution in [1.29, 1.82) is 0 Å². The number of ketones is 2. The summed E-state index contributed by atoms with van der Waals surface area (Å²) in [6.07, 6.45) is 2.77. The number of hydrogen-bond donors (Lipinski definition) is 1. The highest BCUT2D eigenvalue weighted by atomic mass is 16.5. The van der Waals surface area contributed by atoms with E-state index in [-0.39, 0.29) is 18.0 Å². The molecule has 3 rings (SSSR count). The first-order valence-electron chi connectivity index (χ1n) is 8.70. The molecule has 0 radical (unpaired) electrons. The molecule has 2 aliphatic rings. The van der Waals surface area contributed by atoms with Crippen LogP contribution in [0.3, 0.4) is 0 Å². The molecule has 4 heteroatoms. The van der Waals surface area contributed by atoms with Crippen LogP contribution in [-0.4, -0.2) is 29.9 Å². The number of aliphatic hydroxyl groups excluding tert-OH is 1. The van der Waals surface area contributed by atoms with Gasteiger partial charge in [-0.2, -0.15) is 0 Å². The van der Waals surface area contributed by atoms with E-state index in [0.29, 0.717) is 25.7 Å². The Bertz CT molecular complexity index is 680. The summed E-state index contributed by atoms with van der Waals surface area (Å²) >= 11 is 0. The standard InChI is InChI=1S/C20H26O4/c1-19(12-14(21)11-18(19)23)8-9-20(2)16-6-5-15(24-3)10-13(16)4-7-17(20)22/h5-6,10,14,21H,4,7-9,11-12H2,1-3H3/t14-,19-,20-/m0/s1. The number of ether oxygens (including phenoxy) is 1. The van der Waals surface area contributed by atoms with Crippen molar-refractivity contribution < 1.29 is 19.4 Å². The molecule has 1 N–H and O–H groups in total. The third-order valence-corrected chi connectivity index (χ3v) is 6.10. The fourth-order valence-corrected chi connectivity index (χ4v) is 4.32. The molecule has 0 aliphatic heterocycles. The molecule has 1 aromatic rings. The second-order valence-corrected chi connectivity index (χ2v) is 7.82. The van der Waals surface area contributed by atoms with Crippen LogP contribution in [0.5, 0.6) is 5.75 Å². The van der Waals surface area contributed by atoms with Gasteiger partial charge in [-0.25, -0.2) is 0 Å². The maximum Gasteiger partial charge on any atom is 0.143 e. The maximum atomic E-state index is 12.7. The van der Waals surface area contributed by atoms with Crippen LogP contribution in [0.25, 0.3) is 0 Å². The summed E-state index contributed by atoms with van der Waals surface area (Å²) in [5, 5.41) is 9.80. The molecule has 0 heterocycles. The number of rotatable bonds is 4. The first kappa shape index (κ1) is 17.2. The maximum absolute atomic E-state index is 12.7. The summed E-state index contributed by atoms with van der Waals surface area (Å²) in [6.45, 7) is 3.93. The van der Waals surface area contributed by atoms with Gasteiger partial charge in [0.2, 0.25) is 0 Å². The molecule has 3 atom stereocenters. The van der Waals surface area contributed by atoms with Crippen molar-refractivity contribution in [2.75, 3.05) is 7.11 Å². The van der Waals surface area contributed by atoms with Gasteiger partial charge in [-0.3, -0.25) is 9.59 Å². The molecule has 2 aliphatic carbocycles. The monoisotopic (exact) mass is 330 g/mol. The summed E-state index contributed by atoms with van der Waals surface area (Å²) in [5.41, 5.74) is 1.16. The van der Waals surface area contributed by atoms with Gasteiger partial charge in [0.15, 0.2) is 0 Å². The van der Waals surface area contributed by atoms with Gasteiger partial charge < -0.3 is 9.84 Å². The predicted octanol–water partition coefficient (Wildman–Crippen LogP) is 2.98. The van der Waals surface area contributed by atoms with Crippen molar-refractivity contribution in [3.63, 3.8) is 0 Å². The van der Waals surface area contributed by atoms with E-state index in [1.807, 2.05) is 32.0 Å². The minimum absolute atomic E-state index is 0.122. The highest BCUT2D eigenvalue weighted by molar-refractivity contribution is 5.92. The van der Waals surface area contributed by atoms with Crippen molar-refractivity contribution in [1.82, 2.24) is 0 Å². The lowest BCUT2D eigenvalue weighted by Crippen LogP contribution is -2.39. The Balaban J connectivity index is 1.87. The van der Waals surface area contributed by atoms with E-state index in [1.54, 1.807) is 7.11 Å². The molecule has 0 aromatic heterocycles. The number of aryl methyl sites for hydroxylation is 1. The molecule has 0 unspecified atom stereocenters. The average Bonchev–Trinajstić information content (AvgIpc) is 2.82. The zero-order valence-electron chi connectivity index (χ0n) is 14.7. The number of methoxy groups -OCH3 is 1. The smallest absolute Gasteiger partial charge is 0.143 e. The van der Waals surface area contributed by atoms with Gasteiger partial charge in [-0.1, -0.05) is 13.0 Å². The molecule has 1 saturated carbocycles. The molecule has 1 aromatic carbocycles. The highest BCUT2D eigenvalue weighted by Crippen LogP contribution is 2.45. The molecular weight excluding hydrogens is 304 g/mol. The van der Waals surface area contributed by atoms with E-state index in [4.69, 9.17) is 4.74 Å². The number of fused-ring (bicyclic) bond motifs is 1. The lowest BCUT2D eigenvalue weighted by Gasteiger charge is -2.37. The van der Waals surface area contributed by atoms with Crippen LogP contribution in [0.1, 0.15) is 57.1 Å². The van der Waals surface area contributed by atoms with Gasteiger partial charge in [-0.05, 0) is 55.9 Å². The normalized spacial score (nSPS) is 32.8. The van der Waals surface area contributed by atoms with E-state index >= 15 is 0 Å². The van der Waals surface area contributed by atoms with Crippen molar-refractivity contribution in [3.05, 3.63) is 29.3 Å². The van der Waals surface area contributed by atoms with E-state index in [9.17, 15) is 14.7 Å². The fraction of sp³-hybridized carbons (Fsp3) is 0.600. The number of carbonyl (C=O) groups excluding carboxylic acids is 2. The third kappa shape index (κ3) is 2.77. The first-order valence-corrected chi connectivity index (χ1v) is 8.70. The Morgan fingerprint density at radius 1 is 1.17 bits per heavy atom. The van der Waals surface area contributed by atoms with Crippen LogP contribution in [0.15, 0.2) is 18.2 Å². The Hall–Kier alpha value is -1.68. The van der Waals surface area contributed by atoms with Gasteiger partial charge in [-0.15, -0.1) is 0 Å². The van der Waals surface area contributed by atoms with Crippen molar-refractivity contribution >= 4 is 11.6 Å². The lowest BCUT2D eigenvalue weighted by molar-refractivity contribution is -0.128. The van der Waals surface area contributed by atoms with Gasteiger partial charge in [0.05, 0.1) is 18.6 Å². The van der Waals surface area contributed by atoms with E-state index in [1.165, 1.54) is 5.56 Å². The quantitative estimate of drug-likeness (QED) is 0.922. The number of carbonyl (C=O) groups is 2. The second kappa shape index (κ2) is 5.99. The van der Waals surface area contributed by atoms with Crippen molar-refractivity contribution in [2.45, 2.75) is 63.9 Å². The van der Waals surface area contributed by atoms with Crippen molar-refractivity contribution in [3.8, 4) is 5.75 Å². The average molecular weight is 330 g/mol. The van der Waals surface area contributed by atoms with Gasteiger partial charge >= 0.3 is 0 Å². The SMILES string of the molecule is COc1ccc2c(c1)CCC(=O)[C@@]2(C)CC[C@@]1(C)C[C@@H](O)CC1=O. The zero-order chi connectivity index (χ0) is 17.5.